The molecule has 0 aliphatic carbocycles. The molecule has 0 bridgehead atoms. The Kier molecular flexibility index (Phi) is 4.12. The summed E-state index contributed by atoms with van der Waals surface area (Å²) in [4.78, 5) is 16.4. The molecular weight excluding hydrogens is 366 g/mol. The molecule has 0 N–H and O–H groups in total. The van der Waals surface area contributed by atoms with Crippen molar-refractivity contribution in [2.24, 2.45) is 0 Å². The maximum Gasteiger partial charge on any atom is 0.169 e. The summed E-state index contributed by atoms with van der Waals surface area (Å²) in [6.07, 6.45) is 0.352. The van der Waals surface area contributed by atoms with Crippen LogP contribution < -0.4 is 0 Å². The van der Waals surface area contributed by atoms with Crippen LogP contribution in [-0.2, 0) is 6.42 Å². The molecule has 0 atom stereocenters. The van der Waals surface area contributed by atoms with Crippen LogP contribution in [0.4, 0.5) is 0 Å². The molecule has 1 aromatic heterocycles. The van der Waals surface area contributed by atoms with Crippen LogP contribution in [0.2, 0.25) is 0 Å². The Bertz CT molecular complexity index is 565. The van der Waals surface area contributed by atoms with Gasteiger partial charge in [-0.2, -0.15) is 0 Å². The van der Waals surface area contributed by atoms with E-state index in [0.29, 0.717) is 12.0 Å². The van der Waals surface area contributed by atoms with E-state index < -0.39 is 0 Å². The van der Waals surface area contributed by atoms with E-state index >= 15 is 0 Å². The summed E-state index contributed by atoms with van der Waals surface area (Å²) >= 11 is 8.33. The molecule has 2 nitrogen and oxygen atoms in total. The maximum atomic E-state index is 12.1. The number of carbonyl (C=O) groups is 1. The third kappa shape index (κ3) is 3.24. The lowest BCUT2D eigenvalue weighted by Crippen LogP contribution is -2.04. The number of nitrogens with zero attached hydrogens (tertiary/aromatic N) is 1. The molecule has 1 aromatic carbocycles. The molecule has 2 aromatic rings. The van der Waals surface area contributed by atoms with Crippen LogP contribution in [0, 0.1) is 6.92 Å². The van der Waals surface area contributed by atoms with Gasteiger partial charge in [0, 0.05) is 19.9 Å². The third-order valence-electron chi connectivity index (χ3n) is 2.24. The Morgan fingerprint density at radius 1 is 1.41 bits per heavy atom. The van der Waals surface area contributed by atoms with Crippen molar-refractivity contribution in [2.45, 2.75) is 13.3 Å². The molecule has 88 valence electrons. The predicted octanol–water partition coefficient (Wildman–Crippen LogP) is 4.40. The highest BCUT2D eigenvalue weighted by molar-refractivity contribution is 9.11. The Morgan fingerprint density at radius 2 is 2.18 bits per heavy atom. The molecule has 0 amide bonds. The number of aromatic nitrogens is 1. The Morgan fingerprint density at radius 3 is 2.76 bits per heavy atom. The summed E-state index contributed by atoms with van der Waals surface area (Å²) in [7, 11) is 0. The van der Waals surface area contributed by atoms with Gasteiger partial charge in [-0.3, -0.25) is 4.79 Å². The lowest BCUT2D eigenvalue weighted by molar-refractivity contribution is 0.0991. The lowest BCUT2D eigenvalue weighted by Gasteiger charge is -2.02. The molecule has 17 heavy (non-hydrogen) atoms. The zero-order chi connectivity index (χ0) is 12.4. The summed E-state index contributed by atoms with van der Waals surface area (Å²) < 4.78 is 1.76. The summed E-state index contributed by atoms with van der Waals surface area (Å²) in [5, 5.41) is 2.92. The quantitative estimate of drug-likeness (QED) is 0.745. The van der Waals surface area contributed by atoms with Crippen molar-refractivity contribution in [1.82, 2.24) is 4.98 Å². The third-order valence-corrected chi connectivity index (χ3v) is 4.21. The number of Topliss-reactive ketones (excluding diaryl/α,β-unsaturated/α-hetero) is 1. The van der Waals surface area contributed by atoms with Gasteiger partial charge in [-0.25, -0.2) is 4.98 Å². The number of rotatable bonds is 3. The van der Waals surface area contributed by atoms with Gasteiger partial charge in [-0.1, -0.05) is 31.9 Å². The molecule has 0 aliphatic heterocycles. The minimum Gasteiger partial charge on any atom is -0.294 e. The van der Waals surface area contributed by atoms with Crippen LogP contribution in [0.25, 0.3) is 0 Å². The molecular formula is C12H9Br2NOS. The van der Waals surface area contributed by atoms with Crippen molar-refractivity contribution in [3.63, 3.8) is 0 Å². The number of hydrogen-bond donors (Lipinski definition) is 0. The molecule has 1 heterocycles. The van der Waals surface area contributed by atoms with E-state index in [2.05, 4.69) is 36.8 Å². The van der Waals surface area contributed by atoms with Gasteiger partial charge < -0.3 is 0 Å². The lowest BCUT2D eigenvalue weighted by atomic mass is 10.1. The van der Waals surface area contributed by atoms with E-state index in [1.807, 2.05) is 30.5 Å². The molecule has 5 heteroatoms. The van der Waals surface area contributed by atoms with Crippen molar-refractivity contribution >= 4 is 49.0 Å². The summed E-state index contributed by atoms with van der Waals surface area (Å²) in [5.41, 5.74) is 1.53. The van der Waals surface area contributed by atoms with Gasteiger partial charge in [0.05, 0.1) is 17.1 Å². The zero-order valence-corrected chi connectivity index (χ0v) is 13.0. The number of thiazole rings is 1. The van der Waals surface area contributed by atoms with Crippen LogP contribution in [0.1, 0.15) is 21.1 Å². The zero-order valence-electron chi connectivity index (χ0n) is 9.04. The van der Waals surface area contributed by atoms with Crippen LogP contribution in [0.15, 0.2) is 32.5 Å². The highest BCUT2D eigenvalue weighted by atomic mass is 79.9. The van der Waals surface area contributed by atoms with Gasteiger partial charge in [0.2, 0.25) is 0 Å². The van der Waals surface area contributed by atoms with Gasteiger partial charge in [-0.05, 0) is 25.1 Å². The van der Waals surface area contributed by atoms with E-state index in [1.54, 1.807) is 11.3 Å². The average molecular weight is 375 g/mol. The number of carbonyl (C=O) groups excluding carboxylic acids is 1. The molecule has 0 saturated carbocycles. The maximum absolute atomic E-state index is 12.1. The smallest absolute Gasteiger partial charge is 0.169 e. The van der Waals surface area contributed by atoms with Gasteiger partial charge in [0.25, 0.3) is 0 Å². The van der Waals surface area contributed by atoms with Crippen molar-refractivity contribution < 1.29 is 4.79 Å². The van der Waals surface area contributed by atoms with Crippen molar-refractivity contribution in [1.29, 1.82) is 0 Å². The molecule has 0 unspecified atom stereocenters. The molecule has 0 aliphatic rings. The Hall–Kier alpha value is -0.520. The van der Waals surface area contributed by atoms with Crippen molar-refractivity contribution in [3.8, 4) is 0 Å². The summed E-state index contributed by atoms with van der Waals surface area (Å²) in [6, 6.07) is 5.56. The summed E-state index contributed by atoms with van der Waals surface area (Å²) in [5.74, 6) is 0.0784. The van der Waals surface area contributed by atoms with E-state index in [1.165, 1.54) is 0 Å². The predicted molar refractivity (Wildman–Crippen MR) is 76.7 cm³/mol. The second-order valence-electron chi connectivity index (χ2n) is 3.58. The number of aryl methyl sites for hydroxylation is 1. The second-order valence-corrected chi connectivity index (χ2v) is 6.41. The largest absolute Gasteiger partial charge is 0.294 e. The Labute approximate surface area is 120 Å². The monoisotopic (exact) mass is 373 g/mol. The van der Waals surface area contributed by atoms with Gasteiger partial charge in [0.1, 0.15) is 0 Å². The molecule has 0 saturated heterocycles. The minimum atomic E-state index is 0.0784. The van der Waals surface area contributed by atoms with E-state index in [-0.39, 0.29) is 5.78 Å². The Balaban J connectivity index is 2.20. The minimum absolute atomic E-state index is 0.0784. The number of hydrogen-bond acceptors (Lipinski definition) is 3. The number of halogens is 2. The fraction of sp³-hybridized carbons (Fsp3) is 0.167. The highest BCUT2D eigenvalue weighted by Crippen LogP contribution is 2.23. The first-order chi connectivity index (χ1) is 8.06. The molecule has 0 spiro atoms. The van der Waals surface area contributed by atoms with Crippen molar-refractivity contribution in [3.05, 3.63) is 48.8 Å². The second kappa shape index (κ2) is 5.42. The topological polar surface area (TPSA) is 30.0 Å². The van der Waals surface area contributed by atoms with Crippen molar-refractivity contribution in [2.75, 3.05) is 0 Å². The standard InChI is InChI=1S/C12H9Br2NOS/c1-7-15-9(6-17-7)5-12(16)10-3-2-8(13)4-11(10)14/h2-4,6H,5H2,1H3. The fourth-order valence-electron chi connectivity index (χ4n) is 1.46. The number of benzene rings is 1. The van der Waals surface area contributed by atoms with Crippen LogP contribution in [-0.4, -0.2) is 10.8 Å². The van der Waals surface area contributed by atoms with Crippen LogP contribution >= 0.6 is 43.2 Å². The van der Waals surface area contributed by atoms with Gasteiger partial charge >= 0.3 is 0 Å². The average Bonchev–Trinajstić information content (AvgIpc) is 2.63. The highest BCUT2D eigenvalue weighted by Gasteiger charge is 2.12. The van der Waals surface area contributed by atoms with Crippen LogP contribution in [0.3, 0.4) is 0 Å². The SMILES string of the molecule is Cc1nc(CC(=O)c2ccc(Br)cc2Br)cs1. The number of ketones is 1. The fourth-order valence-corrected chi connectivity index (χ4v) is 3.35. The van der Waals surface area contributed by atoms with Gasteiger partial charge in [0.15, 0.2) is 5.78 Å². The van der Waals surface area contributed by atoms with E-state index in [4.69, 9.17) is 0 Å². The first-order valence-electron chi connectivity index (χ1n) is 4.95. The summed E-state index contributed by atoms with van der Waals surface area (Å²) in [6.45, 7) is 1.94. The van der Waals surface area contributed by atoms with E-state index in [9.17, 15) is 4.79 Å². The first-order valence-corrected chi connectivity index (χ1v) is 7.42. The molecule has 0 fully saturated rings. The van der Waals surface area contributed by atoms with E-state index in [0.717, 1.165) is 19.6 Å². The molecule has 0 radical (unpaired) electrons. The first kappa shape index (κ1) is 12.9. The molecule has 2 rings (SSSR count). The van der Waals surface area contributed by atoms with Gasteiger partial charge in [-0.15, -0.1) is 11.3 Å². The normalized spacial score (nSPS) is 10.5. The van der Waals surface area contributed by atoms with Crippen LogP contribution in [0.5, 0.6) is 0 Å².